The number of nitrogens with one attached hydrogen (secondary N) is 2. The van der Waals surface area contributed by atoms with E-state index in [2.05, 4.69) is 36.4 Å². The Balaban J connectivity index is -0.000000491. The monoisotopic (exact) mass is 742 g/mol. The van der Waals surface area contributed by atoms with Crippen LogP contribution in [0.2, 0.25) is 0 Å². The Kier molecular flexibility index (Phi) is 58.3. The molecule has 2 amide bonds. The molecule has 0 aromatic heterocycles. The molecule has 0 spiro atoms. The quantitative estimate of drug-likeness (QED) is 0.0410. The first-order valence-corrected chi connectivity index (χ1v) is 21.8. The summed E-state index contributed by atoms with van der Waals surface area (Å²) in [5.41, 5.74) is 0. The molecule has 0 aromatic carbocycles. The lowest BCUT2D eigenvalue weighted by Crippen LogP contribution is -2.41. The normalized spacial score (nSPS) is 10.2. The van der Waals surface area contributed by atoms with Gasteiger partial charge in [-0.25, -0.2) is 4.79 Å². The van der Waals surface area contributed by atoms with Gasteiger partial charge in [0.05, 0.1) is 6.54 Å². The lowest BCUT2D eigenvalue weighted by Gasteiger charge is -2.14. The summed E-state index contributed by atoms with van der Waals surface area (Å²) in [6, 6.07) is -1.11. The molecule has 288 valence electrons. The summed E-state index contributed by atoms with van der Waals surface area (Å²) in [5, 5.41) is 22.8. The molecule has 0 aliphatic heterocycles. The Hall–Kier alpha value is -1.40. The fourth-order valence-electron chi connectivity index (χ4n) is 4.15. The number of ketones is 1. The number of carbonyl (C=O) groups excluding carboxylic acids is 3. The third kappa shape index (κ3) is 56.9. The number of carboxylic acids is 2. The van der Waals surface area contributed by atoms with Crippen LogP contribution < -0.4 is 10.6 Å². The van der Waals surface area contributed by atoms with E-state index in [9.17, 15) is 29.1 Å². The lowest BCUT2D eigenvalue weighted by atomic mass is 10.0. The largest absolute Gasteiger partial charge is 0.481 e. The number of aliphatic carboxylic acids is 2. The molecule has 0 bridgehead atoms. The molecule has 0 rings (SSSR count). The van der Waals surface area contributed by atoms with Gasteiger partial charge in [-0.2, -0.15) is 36.2 Å². The zero-order valence-corrected chi connectivity index (χ0v) is 34.4. The van der Waals surface area contributed by atoms with Crippen molar-refractivity contribution in [2.75, 3.05) is 37.3 Å². The van der Waals surface area contributed by atoms with Gasteiger partial charge >= 0.3 is 11.9 Å². The van der Waals surface area contributed by atoms with E-state index >= 15 is 0 Å². The first-order chi connectivity index (χ1) is 23.0. The average Bonchev–Trinajstić information content (AvgIpc) is 3.07. The second-order valence-corrected chi connectivity index (χ2v) is 13.0. The van der Waals surface area contributed by atoms with Crippen molar-refractivity contribution in [1.82, 2.24) is 10.6 Å². The van der Waals surface area contributed by atoms with Gasteiger partial charge in [-0.3, -0.25) is 19.2 Å². The van der Waals surface area contributed by atoms with Crippen LogP contribution in [0.4, 0.5) is 0 Å². The Morgan fingerprint density at radius 2 is 0.958 bits per heavy atom. The van der Waals surface area contributed by atoms with Crippen molar-refractivity contribution in [1.29, 1.82) is 0 Å². The van der Waals surface area contributed by atoms with Gasteiger partial charge in [0, 0.05) is 19.3 Å². The van der Waals surface area contributed by atoms with Gasteiger partial charge in [0.25, 0.3) is 0 Å². The molecular formula is C36H74N2O7S3. The smallest absolute Gasteiger partial charge is 0.326 e. The van der Waals surface area contributed by atoms with Crippen LogP contribution in [0.1, 0.15) is 156 Å². The number of unbranched alkanes of at least 4 members (excludes halogenated alkanes) is 15. The molecule has 1 unspecified atom stereocenters. The van der Waals surface area contributed by atoms with E-state index in [1.165, 1.54) is 70.5 Å². The van der Waals surface area contributed by atoms with Crippen molar-refractivity contribution in [3.05, 3.63) is 0 Å². The van der Waals surface area contributed by atoms with Gasteiger partial charge < -0.3 is 20.8 Å². The molecule has 0 fully saturated rings. The van der Waals surface area contributed by atoms with Crippen LogP contribution in [0.3, 0.4) is 0 Å². The third-order valence-corrected chi connectivity index (χ3v) is 7.24. The summed E-state index contributed by atoms with van der Waals surface area (Å²) in [6.45, 7) is 7.42. The molecule has 0 aliphatic carbocycles. The molecule has 48 heavy (non-hydrogen) atoms. The topological polar surface area (TPSA) is 150 Å². The van der Waals surface area contributed by atoms with E-state index in [1.54, 1.807) is 18.0 Å². The number of hydrogen-bond acceptors (Lipinski definition) is 8. The molecule has 0 radical (unpaired) electrons. The fraction of sp³-hybridized carbons (Fsp3) is 0.861. The highest BCUT2D eigenvalue weighted by molar-refractivity contribution is 7.98. The Morgan fingerprint density at radius 1 is 0.625 bits per heavy atom. The Morgan fingerprint density at radius 3 is 1.25 bits per heavy atom. The Labute approximate surface area is 308 Å². The molecule has 1 atom stereocenters. The summed E-state index contributed by atoms with van der Waals surface area (Å²) in [5.74, 6) is -1.53. The number of thiol groups is 1. The SMILES string of the molecule is CC.CC(=O)CNC(=O)CCC(NC(=O)CCCCCCCCCCCCCCCCCCC(=O)O)C(=O)O.CCSC.CS.CSC. The average molecular weight is 743 g/mol. The molecular weight excluding hydrogens is 669 g/mol. The van der Waals surface area contributed by atoms with Crippen LogP contribution in [0.15, 0.2) is 0 Å². The predicted molar refractivity (Wildman–Crippen MR) is 213 cm³/mol. The van der Waals surface area contributed by atoms with E-state index in [4.69, 9.17) is 5.11 Å². The van der Waals surface area contributed by atoms with Crippen LogP contribution in [0.5, 0.6) is 0 Å². The van der Waals surface area contributed by atoms with E-state index in [0.29, 0.717) is 6.42 Å². The maximum absolute atomic E-state index is 12.1. The minimum absolute atomic E-state index is 0.0129. The minimum atomic E-state index is -1.17. The van der Waals surface area contributed by atoms with Crippen molar-refractivity contribution in [2.45, 2.75) is 162 Å². The van der Waals surface area contributed by atoms with Crippen molar-refractivity contribution in [3.63, 3.8) is 0 Å². The number of hydrogen-bond donors (Lipinski definition) is 5. The molecule has 0 aromatic rings. The number of thioether (sulfide) groups is 2. The van der Waals surface area contributed by atoms with Gasteiger partial charge in [-0.1, -0.05) is 111 Å². The molecule has 0 aliphatic rings. The second-order valence-electron chi connectivity index (χ2n) is 11.0. The molecule has 0 saturated heterocycles. The third-order valence-electron chi connectivity index (χ3n) is 6.66. The molecule has 9 nitrogen and oxygen atoms in total. The minimum Gasteiger partial charge on any atom is -0.481 e. The van der Waals surface area contributed by atoms with Crippen LogP contribution in [0, 0.1) is 0 Å². The number of amides is 2. The number of carbonyl (C=O) groups is 5. The van der Waals surface area contributed by atoms with Gasteiger partial charge in [-0.15, -0.1) is 0 Å². The summed E-state index contributed by atoms with van der Waals surface area (Å²) < 4.78 is 0. The lowest BCUT2D eigenvalue weighted by molar-refractivity contribution is -0.142. The van der Waals surface area contributed by atoms with Crippen LogP contribution >= 0.6 is 36.2 Å². The molecule has 12 heteroatoms. The van der Waals surface area contributed by atoms with Gasteiger partial charge in [0.2, 0.25) is 11.8 Å². The highest BCUT2D eigenvalue weighted by atomic mass is 32.2. The van der Waals surface area contributed by atoms with Crippen molar-refractivity contribution in [2.24, 2.45) is 0 Å². The van der Waals surface area contributed by atoms with Crippen molar-refractivity contribution in [3.8, 4) is 0 Å². The van der Waals surface area contributed by atoms with Gasteiger partial charge in [0.15, 0.2) is 0 Å². The fourth-order valence-corrected chi connectivity index (χ4v) is 4.15. The number of rotatable bonds is 27. The van der Waals surface area contributed by atoms with Crippen LogP contribution in [0.25, 0.3) is 0 Å². The summed E-state index contributed by atoms with van der Waals surface area (Å²) in [4.78, 5) is 56.4. The van der Waals surface area contributed by atoms with Crippen LogP contribution in [-0.4, -0.2) is 83.1 Å². The number of Topliss-reactive ketones (excluding diaryl/α,β-unsaturated/α-hetero) is 1. The van der Waals surface area contributed by atoms with Gasteiger partial charge in [0.1, 0.15) is 11.8 Å². The zero-order valence-electron chi connectivity index (χ0n) is 31.8. The van der Waals surface area contributed by atoms with E-state index in [-0.39, 0.29) is 37.5 Å². The zero-order chi connectivity index (χ0) is 37.8. The summed E-state index contributed by atoms with van der Waals surface area (Å²) >= 11 is 7.13. The number of carboxylic acid groups (broad SMARTS) is 2. The predicted octanol–water partition coefficient (Wildman–Crippen LogP) is 9.07. The Bertz CT molecular complexity index is 728. The summed E-state index contributed by atoms with van der Waals surface area (Å²) in [6.07, 6.45) is 26.5. The standard InChI is InChI=1S/C28H50N2O7.C3H8S.C2H6S.C2H6.CH4S/c1-23(31)22-29-25(32)21-20-24(28(36)37)30-26(33)18-16-14-12-10-8-6-4-2-3-5-7-9-11-13-15-17-19-27(34)35;1-3-4-2;1-3-2;2*1-2/h24H,2-22H2,1H3,(H,29,32)(H,30,33)(H,34,35)(H,36,37);3H2,1-2H3;1-2H3;1-2H3;2H,1H3. The maximum atomic E-state index is 12.1. The van der Waals surface area contributed by atoms with E-state index < -0.39 is 23.9 Å². The highest BCUT2D eigenvalue weighted by Crippen LogP contribution is 2.14. The first-order valence-electron chi connectivity index (χ1n) is 17.9. The van der Waals surface area contributed by atoms with Crippen molar-refractivity contribution < 1.29 is 34.2 Å². The van der Waals surface area contributed by atoms with Gasteiger partial charge in [-0.05, 0) is 57.0 Å². The maximum Gasteiger partial charge on any atom is 0.326 e. The van der Waals surface area contributed by atoms with Crippen LogP contribution in [-0.2, 0) is 24.0 Å². The van der Waals surface area contributed by atoms with Crippen molar-refractivity contribution >= 4 is 65.7 Å². The first kappa shape index (κ1) is 56.0. The summed E-state index contributed by atoms with van der Waals surface area (Å²) in [7, 11) is 0. The van der Waals surface area contributed by atoms with E-state index in [1.807, 2.05) is 38.1 Å². The molecule has 0 heterocycles. The molecule has 4 N–H and O–H groups in total. The second kappa shape index (κ2) is 50.0. The molecule has 0 saturated carbocycles. The highest BCUT2D eigenvalue weighted by Gasteiger charge is 2.20. The van der Waals surface area contributed by atoms with E-state index in [0.717, 1.165) is 44.9 Å².